The molecule has 0 aromatic heterocycles. The molecule has 1 N–H and O–H groups in total. The van der Waals surface area contributed by atoms with Crippen molar-refractivity contribution in [2.75, 3.05) is 32.5 Å². The third kappa shape index (κ3) is 5.15. The van der Waals surface area contributed by atoms with E-state index in [-0.39, 0.29) is 24.2 Å². The molecule has 2 amide bonds. The van der Waals surface area contributed by atoms with Gasteiger partial charge in [0.1, 0.15) is 0 Å². The van der Waals surface area contributed by atoms with Crippen LogP contribution in [0.25, 0.3) is 0 Å². The lowest BCUT2D eigenvalue weighted by Crippen LogP contribution is -2.55. The van der Waals surface area contributed by atoms with Crippen molar-refractivity contribution in [1.82, 2.24) is 14.5 Å². The molecule has 4 rings (SSSR count). The average molecular weight is 436 g/mol. The van der Waals surface area contributed by atoms with Crippen molar-refractivity contribution in [3.8, 4) is 0 Å². The average Bonchev–Trinajstić information content (AvgIpc) is 3.07. The number of nitrogens with zero attached hydrogens (tertiary/aromatic N) is 2. The number of urea groups is 1. The summed E-state index contributed by atoms with van der Waals surface area (Å²) in [6.07, 6.45) is 7.20. The van der Waals surface area contributed by atoms with E-state index in [1.807, 2.05) is 15.9 Å². The third-order valence-corrected chi connectivity index (χ3v) is 7.46. The minimum absolute atomic E-state index is 0.0143. The van der Waals surface area contributed by atoms with Crippen LogP contribution in [0.4, 0.5) is 4.79 Å². The molecule has 1 aromatic rings. The molecule has 3 fully saturated rings. The molecule has 2 atom stereocenters. The molecule has 3 aliphatic rings. The van der Waals surface area contributed by atoms with Crippen LogP contribution in [-0.4, -0.2) is 74.9 Å². The highest BCUT2D eigenvalue weighted by Gasteiger charge is 2.41. The largest absolute Gasteiger partial charge is 0.376 e. The van der Waals surface area contributed by atoms with E-state index in [0.717, 1.165) is 45.2 Å². The van der Waals surface area contributed by atoms with Gasteiger partial charge in [-0.05, 0) is 50.0 Å². The zero-order valence-corrected chi connectivity index (χ0v) is 18.5. The fraction of sp³-hybridized carbons (Fsp3) is 0.682. The molecule has 1 saturated carbocycles. The van der Waals surface area contributed by atoms with Crippen LogP contribution in [0.15, 0.2) is 30.3 Å². The van der Waals surface area contributed by atoms with E-state index in [1.54, 1.807) is 0 Å². The van der Waals surface area contributed by atoms with Gasteiger partial charge in [0.15, 0.2) is 0 Å². The van der Waals surface area contributed by atoms with E-state index >= 15 is 0 Å². The van der Waals surface area contributed by atoms with Gasteiger partial charge in [-0.2, -0.15) is 0 Å². The molecule has 166 valence electrons. The Morgan fingerprint density at radius 3 is 2.37 bits per heavy atom. The quantitative estimate of drug-likeness (QED) is 0.745. The number of hydrogen-bond acceptors (Lipinski definition) is 4. The van der Waals surface area contributed by atoms with Gasteiger partial charge in [0.05, 0.1) is 25.0 Å². The van der Waals surface area contributed by atoms with E-state index < -0.39 is 10.0 Å². The normalized spacial score (nSPS) is 29.6. The van der Waals surface area contributed by atoms with E-state index in [0.29, 0.717) is 25.5 Å². The summed E-state index contributed by atoms with van der Waals surface area (Å²) in [6.45, 7) is 2.53. The number of benzene rings is 1. The molecule has 2 aliphatic heterocycles. The number of amides is 2. The molecule has 2 saturated heterocycles. The molecule has 8 heteroatoms. The topological polar surface area (TPSA) is 79.0 Å². The second-order valence-electron chi connectivity index (χ2n) is 8.89. The van der Waals surface area contributed by atoms with Crippen molar-refractivity contribution in [2.45, 2.75) is 62.6 Å². The van der Waals surface area contributed by atoms with Gasteiger partial charge in [0.2, 0.25) is 10.0 Å². The van der Waals surface area contributed by atoms with Crippen LogP contribution in [0.2, 0.25) is 0 Å². The number of hydrogen-bond donors (Lipinski definition) is 1. The molecule has 0 bridgehead atoms. The van der Waals surface area contributed by atoms with Crippen LogP contribution in [0, 0.1) is 0 Å². The fourth-order valence-corrected chi connectivity index (χ4v) is 5.75. The summed E-state index contributed by atoms with van der Waals surface area (Å²) < 4.78 is 32.6. The molecule has 7 nitrogen and oxygen atoms in total. The lowest BCUT2D eigenvalue weighted by molar-refractivity contribution is -0.00404. The monoisotopic (exact) mass is 435 g/mol. The number of rotatable bonds is 6. The zero-order valence-electron chi connectivity index (χ0n) is 17.7. The van der Waals surface area contributed by atoms with Crippen molar-refractivity contribution in [2.24, 2.45) is 0 Å². The van der Waals surface area contributed by atoms with Gasteiger partial charge < -0.3 is 14.5 Å². The van der Waals surface area contributed by atoms with E-state index in [2.05, 4.69) is 29.0 Å². The Bertz CT molecular complexity index is 820. The number of carbonyl (C=O) groups is 1. The first-order valence-electron chi connectivity index (χ1n) is 11.1. The summed E-state index contributed by atoms with van der Waals surface area (Å²) in [5, 5.41) is 0. The molecular weight excluding hydrogens is 402 g/mol. The van der Waals surface area contributed by atoms with E-state index in [4.69, 9.17) is 4.74 Å². The summed E-state index contributed by atoms with van der Waals surface area (Å²) in [6, 6.07) is 10.1. The van der Waals surface area contributed by atoms with Crippen LogP contribution < -0.4 is 4.72 Å². The Kier molecular flexibility index (Phi) is 6.65. The lowest BCUT2D eigenvalue weighted by atomic mass is 9.83. The van der Waals surface area contributed by atoms with Gasteiger partial charge in [-0.1, -0.05) is 30.3 Å². The molecule has 2 heterocycles. The van der Waals surface area contributed by atoms with Crippen LogP contribution >= 0.6 is 0 Å². The summed E-state index contributed by atoms with van der Waals surface area (Å²) in [4.78, 5) is 16.5. The Morgan fingerprint density at radius 2 is 1.77 bits per heavy atom. The minimum atomic E-state index is -3.34. The second-order valence-corrected chi connectivity index (χ2v) is 10.7. The van der Waals surface area contributed by atoms with Gasteiger partial charge in [0.25, 0.3) is 0 Å². The van der Waals surface area contributed by atoms with Crippen molar-refractivity contribution in [3.05, 3.63) is 35.9 Å². The highest BCUT2D eigenvalue weighted by Crippen LogP contribution is 2.34. The maximum absolute atomic E-state index is 12.8. The maximum Gasteiger partial charge on any atom is 0.320 e. The molecule has 0 unspecified atom stereocenters. The highest BCUT2D eigenvalue weighted by atomic mass is 32.2. The van der Waals surface area contributed by atoms with Crippen molar-refractivity contribution in [1.29, 1.82) is 0 Å². The van der Waals surface area contributed by atoms with E-state index in [9.17, 15) is 13.2 Å². The summed E-state index contributed by atoms with van der Waals surface area (Å²) >= 11 is 0. The smallest absolute Gasteiger partial charge is 0.320 e. The maximum atomic E-state index is 12.8. The molecular formula is C22H33N3O4S. The number of ether oxygens (including phenoxy) is 1. The highest BCUT2D eigenvalue weighted by molar-refractivity contribution is 7.88. The van der Waals surface area contributed by atoms with Crippen LogP contribution in [0.5, 0.6) is 0 Å². The minimum Gasteiger partial charge on any atom is -0.376 e. The Labute approximate surface area is 179 Å². The van der Waals surface area contributed by atoms with E-state index in [1.165, 1.54) is 11.8 Å². The standard InChI is InChI=1S/C22H33N3O4S/c1-30(27,28)23-20-12-15-25(22(26)24-13-5-14-24)21(20)16-29-19-10-8-18(9-11-19)17-6-3-2-4-7-17/h2-4,6-7,18-21,23H,5,8-16H2,1H3/t18?,19?,20-,21-/m0/s1. The first kappa shape index (κ1) is 21.6. The molecule has 1 aliphatic carbocycles. The third-order valence-electron chi connectivity index (χ3n) is 6.73. The predicted molar refractivity (Wildman–Crippen MR) is 116 cm³/mol. The van der Waals surface area contributed by atoms with Crippen LogP contribution in [0.1, 0.15) is 50.0 Å². The predicted octanol–water partition coefficient (Wildman–Crippen LogP) is 2.55. The number of nitrogens with one attached hydrogen (secondary N) is 1. The van der Waals surface area contributed by atoms with Crippen LogP contribution in [0.3, 0.4) is 0 Å². The van der Waals surface area contributed by atoms with Crippen molar-refractivity contribution >= 4 is 16.1 Å². The second kappa shape index (κ2) is 9.24. The van der Waals surface area contributed by atoms with Gasteiger partial charge >= 0.3 is 6.03 Å². The molecule has 0 radical (unpaired) electrons. The van der Waals surface area contributed by atoms with Gasteiger partial charge in [-0.25, -0.2) is 17.9 Å². The SMILES string of the molecule is CS(=O)(=O)N[C@H]1CCN(C(=O)N2CCC2)[C@H]1COC1CCC(c2ccccc2)CC1. The molecule has 0 spiro atoms. The van der Waals surface area contributed by atoms with Crippen molar-refractivity contribution in [3.63, 3.8) is 0 Å². The first-order valence-corrected chi connectivity index (χ1v) is 13.0. The number of sulfonamides is 1. The Morgan fingerprint density at radius 1 is 1.07 bits per heavy atom. The lowest BCUT2D eigenvalue weighted by Gasteiger charge is -2.38. The van der Waals surface area contributed by atoms with Crippen LogP contribution in [-0.2, 0) is 14.8 Å². The van der Waals surface area contributed by atoms with Gasteiger partial charge in [-0.15, -0.1) is 0 Å². The van der Waals surface area contributed by atoms with Gasteiger partial charge in [0, 0.05) is 25.7 Å². The first-order chi connectivity index (χ1) is 14.4. The Balaban J connectivity index is 1.34. The zero-order chi connectivity index (χ0) is 21.1. The van der Waals surface area contributed by atoms with Gasteiger partial charge in [-0.3, -0.25) is 0 Å². The molecule has 30 heavy (non-hydrogen) atoms. The van der Waals surface area contributed by atoms with Crippen molar-refractivity contribution < 1.29 is 17.9 Å². The summed E-state index contributed by atoms with van der Waals surface area (Å²) in [7, 11) is -3.34. The summed E-state index contributed by atoms with van der Waals surface area (Å²) in [5.74, 6) is 0.585. The fourth-order valence-electron chi connectivity index (χ4n) is 4.92. The number of carbonyl (C=O) groups excluding carboxylic acids is 1. The Hall–Kier alpha value is -1.64. The molecule has 1 aromatic carbocycles. The number of likely N-dealkylation sites (tertiary alicyclic amines) is 2. The summed E-state index contributed by atoms with van der Waals surface area (Å²) in [5.41, 5.74) is 1.40.